The topological polar surface area (TPSA) is 0 Å². The first kappa shape index (κ1) is 16.6. The number of allylic oxidation sites excluding steroid dienone is 2. The van der Waals surface area contributed by atoms with Crippen LogP contribution >= 0.6 is 0 Å². The van der Waals surface area contributed by atoms with Crippen LogP contribution in [0.4, 0.5) is 8.78 Å². The van der Waals surface area contributed by atoms with E-state index in [2.05, 4.69) is 48.1 Å². The van der Waals surface area contributed by atoms with Crippen molar-refractivity contribution in [1.29, 1.82) is 0 Å². The van der Waals surface area contributed by atoms with Gasteiger partial charge in [-0.25, -0.2) is 0 Å². The highest BCUT2D eigenvalue weighted by atomic mass is 28.3. The maximum absolute atomic E-state index is 12.8. The molecule has 0 unspecified atom stereocenters. The minimum atomic E-state index is -1.99. The van der Waals surface area contributed by atoms with Gasteiger partial charge in [-0.15, -0.1) is 0 Å². The summed E-state index contributed by atoms with van der Waals surface area (Å²) in [4.78, 5) is 0. The van der Waals surface area contributed by atoms with Crippen LogP contribution in [-0.4, -0.2) is 8.07 Å². The quantitative estimate of drug-likeness (QED) is 0.424. The Morgan fingerprint density at radius 3 is 1.35 bits per heavy atom. The van der Waals surface area contributed by atoms with Gasteiger partial charge in [0.15, 0.2) is 0 Å². The lowest BCUT2D eigenvalue weighted by Gasteiger charge is -2.45. The predicted molar refractivity (Wildman–Crippen MR) is 75.1 cm³/mol. The molecule has 17 heavy (non-hydrogen) atoms. The van der Waals surface area contributed by atoms with E-state index in [0.717, 1.165) is 5.20 Å². The summed E-state index contributed by atoms with van der Waals surface area (Å²) in [6.45, 7) is 18.5. The number of hydrogen-bond acceptors (Lipinski definition) is 0. The second kappa shape index (κ2) is 5.94. The molecule has 0 saturated carbocycles. The normalized spacial score (nSPS) is 12.5. The van der Waals surface area contributed by atoms with Crippen LogP contribution in [0.2, 0.25) is 16.6 Å². The third-order valence-corrected chi connectivity index (χ3v) is 11.3. The van der Waals surface area contributed by atoms with Crippen LogP contribution in [0.5, 0.6) is 0 Å². The molecule has 100 valence electrons. The van der Waals surface area contributed by atoms with Crippen molar-refractivity contribution >= 4 is 8.07 Å². The molecule has 0 rings (SSSR count). The molecule has 0 amide bonds. The van der Waals surface area contributed by atoms with Crippen molar-refractivity contribution in [2.75, 3.05) is 0 Å². The summed E-state index contributed by atoms with van der Waals surface area (Å²) in [5.41, 5.74) is 1.38. The summed E-state index contributed by atoms with van der Waals surface area (Å²) in [7, 11) is -1.99. The molecule has 0 aromatic heterocycles. The molecule has 0 aromatic carbocycles. The smallest absolute Gasteiger partial charge is 0.173 e. The lowest BCUT2D eigenvalue weighted by atomic mass is 10.3. The molecule has 0 N–H and O–H groups in total. The van der Waals surface area contributed by atoms with Gasteiger partial charge in [0.25, 0.3) is 6.08 Å². The monoisotopic (exact) mass is 260 g/mol. The van der Waals surface area contributed by atoms with Crippen LogP contribution in [0.3, 0.4) is 0 Å². The van der Waals surface area contributed by atoms with Gasteiger partial charge in [0.05, 0.1) is 8.07 Å². The van der Waals surface area contributed by atoms with Crippen LogP contribution < -0.4 is 0 Å². The molecule has 0 spiro atoms. The van der Waals surface area contributed by atoms with Crippen LogP contribution in [-0.2, 0) is 0 Å². The Bertz CT molecular complexity index is 288. The standard InChI is InChI=1S/C14H26F2Si/c1-9(2)17(10(3)4,11(5)6)13(8)12(7)14(15)16/h9-11H,8H2,1-7H3. The van der Waals surface area contributed by atoms with Crippen LogP contribution in [0.25, 0.3) is 0 Å². The van der Waals surface area contributed by atoms with Crippen molar-refractivity contribution in [2.24, 2.45) is 0 Å². The zero-order valence-corrected chi connectivity index (χ0v) is 13.2. The van der Waals surface area contributed by atoms with E-state index in [-0.39, 0.29) is 5.57 Å². The third kappa shape index (κ3) is 2.87. The van der Waals surface area contributed by atoms with Crippen molar-refractivity contribution in [1.82, 2.24) is 0 Å². The van der Waals surface area contributed by atoms with Gasteiger partial charge >= 0.3 is 0 Å². The van der Waals surface area contributed by atoms with Gasteiger partial charge < -0.3 is 0 Å². The summed E-state index contributed by atoms with van der Waals surface area (Å²) >= 11 is 0. The van der Waals surface area contributed by atoms with Gasteiger partial charge in [-0.05, 0) is 23.5 Å². The maximum atomic E-state index is 12.8. The Labute approximate surface area is 106 Å². The molecule has 0 aliphatic rings. The molecular weight excluding hydrogens is 234 g/mol. The minimum absolute atomic E-state index is 0.118. The second-order valence-electron chi connectivity index (χ2n) is 5.76. The zero-order chi connectivity index (χ0) is 14.0. The molecule has 0 radical (unpaired) electrons. The maximum Gasteiger partial charge on any atom is 0.273 e. The molecular formula is C14H26F2Si. The molecule has 0 aliphatic heterocycles. The molecule has 0 heterocycles. The Kier molecular flexibility index (Phi) is 5.79. The SMILES string of the molecule is C=C(C(C)=C(F)F)[Si](C(C)C)(C(C)C)C(C)C. The average Bonchev–Trinajstić information content (AvgIpc) is 2.14. The first-order chi connectivity index (χ1) is 7.59. The van der Waals surface area contributed by atoms with E-state index in [1.165, 1.54) is 6.92 Å². The Morgan fingerprint density at radius 2 is 1.18 bits per heavy atom. The molecule has 0 bridgehead atoms. The van der Waals surface area contributed by atoms with Crippen molar-refractivity contribution in [3.05, 3.63) is 23.4 Å². The second-order valence-corrected chi connectivity index (χ2v) is 11.7. The van der Waals surface area contributed by atoms with Gasteiger partial charge in [0.2, 0.25) is 0 Å². The third-order valence-electron chi connectivity index (χ3n) is 4.12. The number of halogens is 2. The summed E-state index contributed by atoms with van der Waals surface area (Å²) in [5, 5.41) is 0.734. The first-order valence-electron chi connectivity index (χ1n) is 6.31. The van der Waals surface area contributed by atoms with Crippen molar-refractivity contribution in [2.45, 2.75) is 65.1 Å². The van der Waals surface area contributed by atoms with E-state index < -0.39 is 14.2 Å². The molecule has 0 nitrogen and oxygen atoms in total. The van der Waals surface area contributed by atoms with Crippen LogP contribution in [0.1, 0.15) is 48.5 Å². The average molecular weight is 260 g/mol. The summed E-state index contributed by atoms with van der Waals surface area (Å²) < 4.78 is 25.7. The van der Waals surface area contributed by atoms with Gasteiger partial charge in [-0.3, -0.25) is 0 Å². The van der Waals surface area contributed by atoms with Crippen LogP contribution in [0.15, 0.2) is 23.4 Å². The largest absolute Gasteiger partial charge is 0.273 e. The molecule has 0 aromatic rings. The van der Waals surface area contributed by atoms with Gasteiger partial charge in [0, 0.05) is 5.57 Å². The Hall–Kier alpha value is -0.443. The van der Waals surface area contributed by atoms with Crippen molar-refractivity contribution in [3.63, 3.8) is 0 Å². The fourth-order valence-electron chi connectivity index (χ4n) is 3.48. The Balaban J connectivity index is 5.80. The summed E-state index contributed by atoms with van der Waals surface area (Å²) in [5.74, 6) is 0. The molecule has 0 saturated heterocycles. The van der Waals surface area contributed by atoms with E-state index in [1.807, 2.05) is 0 Å². The fourth-order valence-corrected chi connectivity index (χ4v) is 10.3. The first-order valence-corrected chi connectivity index (χ1v) is 8.54. The van der Waals surface area contributed by atoms with E-state index in [4.69, 9.17) is 0 Å². The predicted octanol–water partition coefficient (Wildman–Crippen LogP) is 5.93. The van der Waals surface area contributed by atoms with E-state index in [0.29, 0.717) is 16.6 Å². The number of hydrogen-bond donors (Lipinski definition) is 0. The lowest BCUT2D eigenvalue weighted by Crippen LogP contribution is -2.47. The highest BCUT2D eigenvalue weighted by Crippen LogP contribution is 2.48. The summed E-state index contributed by atoms with van der Waals surface area (Å²) in [6.07, 6.45) is -1.58. The molecule has 0 fully saturated rings. The van der Waals surface area contributed by atoms with E-state index in [1.54, 1.807) is 0 Å². The van der Waals surface area contributed by atoms with Gasteiger partial charge in [-0.2, -0.15) is 8.78 Å². The minimum Gasteiger partial charge on any atom is -0.173 e. The van der Waals surface area contributed by atoms with Crippen molar-refractivity contribution < 1.29 is 8.78 Å². The fraction of sp³-hybridized carbons (Fsp3) is 0.714. The van der Waals surface area contributed by atoms with Gasteiger partial charge in [0.1, 0.15) is 0 Å². The van der Waals surface area contributed by atoms with E-state index >= 15 is 0 Å². The lowest BCUT2D eigenvalue weighted by molar-refractivity contribution is 0.414. The highest BCUT2D eigenvalue weighted by molar-refractivity contribution is 6.90. The summed E-state index contributed by atoms with van der Waals surface area (Å²) in [6, 6.07) is 0. The zero-order valence-electron chi connectivity index (χ0n) is 12.2. The van der Waals surface area contributed by atoms with E-state index in [9.17, 15) is 8.78 Å². The van der Waals surface area contributed by atoms with Crippen LogP contribution in [0, 0.1) is 0 Å². The molecule has 0 atom stereocenters. The number of rotatable bonds is 5. The van der Waals surface area contributed by atoms with Crippen molar-refractivity contribution in [3.8, 4) is 0 Å². The molecule has 3 heteroatoms. The molecule has 0 aliphatic carbocycles. The van der Waals surface area contributed by atoms with Gasteiger partial charge in [-0.1, -0.05) is 53.3 Å². The highest BCUT2D eigenvalue weighted by Gasteiger charge is 2.45. The Morgan fingerprint density at radius 1 is 0.882 bits per heavy atom.